The third-order valence-corrected chi connectivity index (χ3v) is 3.57. The second-order valence-corrected chi connectivity index (χ2v) is 5.06. The van der Waals surface area contributed by atoms with Crippen LogP contribution in [0.15, 0.2) is 0 Å². The second kappa shape index (κ2) is 7.14. The van der Waals surface area contributed by atoms with Crippen molar-refractivity contribution in [3.8, 4) is 0 Å². The number of nitrogens with zero attached hydrogens (tertiary/aromatic N) is 2. The van der Waals surface area contributed by atoms with Crippen LogP contribution in [0, 0.1) is 0 Å². The smallest absolute Gasteiger partial charge is 0.410 e. The Morgan fingerprint density at radius 3 is 2.62 bits per heavy atom. The molecule has 0 saturated carbocycles. The van der Waals surface area contributed by atoms with Gasteiger partial charge in [-0.15, -0.1) is 0 Å². The van der Waals surface area contributed by atoms with E-state index in [-0.39, 0.29) is 24.6 Å². The van der Waals surface area contributed by atoms with Crippen molar-refractivity contribution in [2.45, 2.75) is 25.8 Å². The standard InChI is InChI=1S/C13H21N3O5/c1-2-20-12(18)15-5-3-10(4-6-15)14-11(17)9-16-7-8-21-13(16)19/h10H,2-9H2,1H3,(H,14,17). The quantitative estimate of drug-likeness (QED) is 0.800. The molecule has 0 aromatic heterocycles. The second-order valence-electron chi connectivity index (χ2n) is 5.06. The number of ether oxygens (including phenoxy) is 2. The molecular weight excluding hydrogens is 278 g/mol. The number of likely N-dealkylation sites (tertiary alicyclic amines) is 1. The van der Waals surface area contributed by atoms with Gasteiger partial charge < -0.3 is 19.7 Å². The summed E-state index contributed by atoms with van der Waals surface area (Å²) in [6.07, 6.45) is 0.633. The van der Waals surface area contributed by atoms with Gasteiger partial charge in [-0.25, -0.2) is 9.59 Å². The van der Waals surface area contributed by atoms with Crippen molar-refractivity contribution in [3.63, 3.8) is 0 Å². The van der Waals surface area contributed by atoms with Crippen molar-refractivity contribution >= 4 is 18.1 Å². The van der Waals surface area contributed by atoms with Crippen LogP contribution >= 0.6 is 0 Å². The van der Waals surface area contributed by atoms with Crippen molar-refractivity contribution in [1.82, 2.24) is 15.1 Å². The van der Waals surface area contributed by atoms with Crippen molar-refractivity contribution in [1.29, 1.82) is 0 Å². The number of carbonyl (C=O) groups excluding carboxylic acids is 3. The van der Waals surface area contributed by atoms with Gasteiger partial charge in [-0.3, -0.25) is 9.69 Å². The number of amides is 3. The summed E-state index contributed by atoms with van der Waals surface area (Å²) in [6.45, 7) is 4.08. The maximum Gasteiger partial charge on any atom is 0.410 e. The Morgan fingerprint density at radius 1 is 1.33 bits per heavy atom. The van der Waals surface area contributed by atoms with Crippen LogP contribution in [0.3, 0.4) is 0 Å². The van der Waals surface area contributed by atoms with Crippen LogP contribution in [-0.4, -0.2) is 73.3 Å². The first-order chi connectivity index (χ1) is 10.1. The molecule has 0 aromatic carbocycles. The van der Waals surface area contributed by atoms with Crippen LogP contribution in [0.25, 0.3) is 0 Å². The van der Waals surface area contributed by atoms with E-state index in [0.29, 0.717) is 45.7 Å². The molecule has 0 unspecified atom stereocenters. The molecule has 21 heavy (non-hydrogen) atoms. The van der Waals surface area contributed by atoms with Crippen molar-refractivity contribution in [2.24, 2.45) is 0 Å². The summed E-state index contributed by atoms with van der Waals surface area (Å²) >= 11 is 0. The van der Waals surface area contributed by atoms with Gasteiger partial charge in [-0.2, -0.15) is 0 Å². The Hall–Kier alpha value is -1.99. The number of hydrogen-bond acceptors (Lipinski definition) is 5. The van der Waals surface area contributed by atoms with Gasteiger partial charge in [0.1, 0.15) is 13.2 Å². The highest BCUT2D eigenvalue weighted by molar-refractivity contribution is 5.83. The van der Waals surface area contributed by atoms with Crippen LogP contribution in [-0.2, 0) is 14.3 Å². The Labute approximate surface area is 123 Å². The highest BCUT2D eigenvalue weighted by atomic mass is 16.6. The highest BCUT2D eigenvalue weighted by Gasteiger charge is 2.27. The maximum absolute atomic E-state index is 11.9. The summed E-state index contributed by atoms with van der Waals surface area (Å²) < 4.78 is 9.71. The van der Waals surface area contributed by atoms with Gasteiger partial charge >= 0.3 is 12.2 Å². The average Bonchev–Trinajstić information content (AvgIpc) is 2.85. The number of hydrogen-bond donors (Lipinski definition) is 1. The third-order valence-electron chi connectivity index (χ3n) is 3.57. The molecule has 2 aliphatic rings. The highest BCUT2D eigenvalue weighted by Crippen LogP contribution is 2.12. The van der Waals surface area contributed by atoms with Crippen LogP contribution in [0.2, 0.25) is 0 Å². The SMILES string of the molecule is CCOC(=O)N1CCC(NC(=O)CN2CCOC2=O)CC1. The lowest BCUT2D eigenvalue weighted by Crippen LogP contribution is -2.48. The van der Waals surface area contributed by atoms with Gasteiger partial charge in [0.25, 0.3) is 0 Å². The molecule has 8 heteroatoms. The maximum atomic E-state index is 11.9. The minimum Gasteiger partial charge on any atom is -0.450 e. The zero-order chi connectivity index (χ0) is 15.2. The molecule has 2 saturated heterocycles. The van der Waals surface area contributed by atoms with Gasteiger partial charge in [0, 0.05) is 19.1 Å². The normalized spacial score (nSPS) is 19.4. The fourth-order valence-corrected chi connectivity index (χ4v) is 2.44. The molecule has 0 atom stereocenters. The first kappa shape index (κ1) is 15.4. The van der Waals surface area contributed by atoms with E-state index in [0.717, 1.165) is 0 Å². The molecule has 2 aliphatic heterocycles. The zero-order valence-electron chi connectivity index (χ0n) is 12.2. The Balaban J connectivity index is 1.69. The minimum atomic E-state index is -0.442. The summed E-state index contributed by atoms with van der Waals surface area (Å²) in [5.74, 6) is -0.191. The van der Waals surface area contributed by atoms with Gasteiger partial charge in [0.2, 0.25) is 5.91 Å². The first-order valence-electron chi connectivity index (χ1n) is 7.23. The molecule has 0 radical (unpaired) electrons. The fraction of sp³-hybridized carbons (Fsp3) is 0.769. The van der Waals surface area contributed by atoms with Crippen molar-refractivity contribution in [2.75, 3.05) is 39.4 Å². The van der Waals surface area contributed by atoms with E-state index in [1.807, 2.05) is 0 Å². The number of rotatable bonds is 4. The molecule has 1 N–H and O–H groups in total. The molecular formula is C13H21N3O5. The zero-order valence-corrected chi connectivity index (χ0v) is 12.2. The van der Waals surface area contributed by atoms with Crippen molar-refractivity contribution < 1.29 is 23.9 Å². The van der Waals surface area contributed by atoms with Gasteiger partial charge in [0.05, 0.1) is 13.2 Å². The molecule has 3 amide bonds. The van der Waals surface area contributed by atoms with Gasteiger partial charge in [-0.1, -0.05) is 0 Å². The van der Waals surface area contributed by atoms with E-state index in [1.165, 1.54) is 4.90 Å². The van der Waals surface area contributed by atoms with Gasteiger partial charge in [-0.05, 0) is 19.8 Å². The van der Waals surface area contributed by atoms with Crippen molar-refractivity contribution in [3.05, 3.63) is 0 Å². The van der Waals surface area contributed by atoms with E-state index < -0.39 is 6.09 Å². The molecule has 0 bridgehead atoms. The molecule has 0 spiro atoms. The summed E-state index contributed by atoms with van der Waals surface area (Å²) in [7, 11) is 0. The minimum absolute atomic E-state index is 0.0247. The Morgan fingerprint density at radius 2 is 2.05 bits per heavy atom. The lowest BCUT2D eigenvalue weighted by Gasteiger charge is -2.31. The van der Waals surface area contributed by atoms with E-state index in [4.69, 9.17) is 9.47 Å². The van der Waals surface area contributed by atoms with Crippen LogP contribution in [0.4, 0.5) is 9.59 Å². The molecule has 118 valence electrons. The molecule has 0 aromatic rings. The number of carbonyl (C=O) groups is 3. The largest absolute Gasteiger partial charge is 0.450 e. The lowest BCUT2D eigenvalue weighted by molar-refractivity contribution is -0.122. The molecule has 2 heterocycles. The van der Waals surface area contributed by atoms with E-state index >= 15 is 0 Å². The third kappa shape index (κ3) is 4.24. The summed E-state index contributed by atoms with van der Waals surface area (Å²) in [5, 5.41) is 2.89. The predicted octanol–water partition coefficient (Wildman–Crippen LogP) is 0.176. The van der Waals surface area contributed by atoms with Crippen LogP contribution in [0.1, 0.15) is 19.8 Å². The summed E-state index contributed by atoms with van der Waals surface area (Å²) in [5.41, 5.74) is 0. The van der Waals surface area contributed by atoms with E-state index in [1.54, 1.807) is 11.8 Å². The van der Waals surface area contributed by atoms with Crippen LogP contribution in [0.5, 0.6) is 0 Å². The Bertz CT molecular complexity index is 407. The van der Waals surface area contributed by atoms with E-state index in [2.05, 4.69) is 5.32 Å². The Kier molecular flexibility index (Phi) is 5.24. The average molecular weight is 299 g/mol. The van der Waals surface area contributed by atoms with E-state index in [9.17, 15) is 14.4 Å². The molecule has 0 aliphatic carbocycles. The number of cyclic esters (lactones) is 1. The summed E-state index contributed by atoms with van der Waals surface area (Å²) in [6, 6.07) is 0.0294. The number of piperidine rings is 1. The van der Waals surface area contributed by atoms with Gasteiger partial charge in [0.15, 0.2) is 0 Å². The molecule has 2 rings (SSSR count). The molecule has 8 nitrogen and oxygen atoms in total. The fourth-order valence-electron chi connectivity index (χ4n) is 2.44. The lowest BCUT2D eigenvalue weighted by atomic mass is 10.1. The predicted molar refractivity (Wildman–Crippen MR) is 72.7 cm³/mol. The summed E-state index contributed by atoms with van der Waals surface area (Å²) in [4.78, 5) is 37.7. The monoisotopic (exact) mass is 299 g/mol. The topological polar surface area (TPSA) is 88.2 Å². The molecule has 2 fully saturated rings. The first-order valence-corrected chi connectivity index (χ1v) is 7.23. The number of nitrogens with one attached hydrogen (secondary N) is 1. The van der Waals surface area contributed by atoms with Crippen LogP contribution < -0.4 is 5.32 Å².